The molecule has 1 N–H and O–H groups in total. The Morgan fingerprint density at radius 2 is 2.11 bits per heavy atom. The lowest BCUT2D eigenvalue weighted by atomic mass is 10.1. The maximum absolute atomic E-state index is 13.3. The van der Waals surface area contributed by atoms with Crippen molar-refractivity contribution in [2.45, 2.75) is 49.1 Å². The van der Waals surface area contributed by atoms with Crippen LogP contribution < -0.4 is 9.62 Å². The molecule has 0 radical (unpaired) electrons. The molecule has 35 heavy (non-hydrogen) atoms. The van der Waals surface area contributed by atoms with Gasteiger partial charge in [0.1, 0.15) is 10.6 Å². The molecule has 3 aliphatic rings. The number of pyridine rings is 1. The fourth-order valence-electron chi connectivity index (χ4n) is 4.64. The number of nitrogens with one attached hydrogen (secondary N) is 1. The van der Waals surface area contributed by atoms with Crippen molar-refractivity contribution >= 4 is 32.7 Å². The molecule has 1 atom stereocenters. The van der Waals surface area contributed by atoms with Gasteiger partial charge in [-0.05, 0) is 32.3 Å². The van der Waals surface area contributed by atoms with Crippen LogP contribution in [0, 0.1) is 0 Å². The molecule has 0 amide bonds. The molecule has 5 heterocycles. The molecule has 0 bridgehead atoms. The first-order valence-corrected chi connectivity index (χ1v) is 13.8. The van der Waals surface area contributed by atoms with Crippen LogP contribution in [0.5, 0.6) is 0 Å². The summed E-state index contributed by atoms with van der Waals surface area (Å²) < 4.78 is 63.0. The van der Waals surface area contributed by atoms with E-state index in [1.54, 1.807) is 10.5 Å². The number of sulfonamides is 1. The van der Waals surface area contributed by atoms with Gasteiger partial charge in [-0.25, -0.2) is 26.9 Å². The van der Waals surface area contributed by atoms with Crippen LogP contribution in [0.4, 0.5) is 14.5 Å². The average molecular weight is 526 g/mol. The summed E-state index contributed by atoms with van der Waals surface area (Å²) in [6.45, 7) is 5.35. The summed E-state index contributed by atoms with van der Waals surface area (Å²) >= 11 is 0.771. The minimum Gasteiger partial charge on any atom is -0.366 e. The quantitative estimate of drug-likeness (QED) is 0.524. The third-order valence-electron chi connectivity index (χ3n) is 6.90. The topological polar surface area (TPSA) is 105 Å². The highest BCUT2D eigenvalue weighted by molar-refractivity contribution is 7.89. The van der Waals surface area contributed by atoms with E-state index in [4.69, 9.17) is 4.74 Å². The van der Waals surface area contributed by atoms with Gasteiger partial charge in [0, 0.05) is 44.0 Å². The molecule has 14 heteroatoms. The summed E-state index contributed by atoms with van der Waals surface area (Å²) in [5.74, 6) is 0. The normalized spacial score (nSPS) is 22.6. The van der Waals surface area contributed by atoms with Gasteiger partial charge in [0.25, 0.3) is 6.43 Å². The Bertz CT molecular complexity index is 1370. The molecule has 2 saturated heterocycles. The number of ether oxygens (including phenoxy) is 1. The Morgan fingerprint density at radius 1 is 1.29 bits per heavy atom. The van der Waals surface area contributed by atoms with E-state index in [-0.39, 0.29) is 9.90 Å². The number of alkyl halides is 2. The van der Waals surface area contributed by atoms with Crippen molar-refractivity contribution in [3.05, 3.63) is 23.5 Å². The number of rotatable bonds is 6. The second kappa shape index (κ2) is 8.40. The van der Waals surface area contributed by atoms with E-state index in [0.29, 0.717) is 49.5 Å². The van der Waals surface area contributed by atoms with Gasteiger partial charge in [-0.2, -0.15) is 0 Å². The Labute approximate surface area is 205 Å². The number of piperazine rings is 1. The van der Waals surface area contributed by atoms with E-state index in [2.05, 4.69) is 29.7 Å². The Morgan fingerprint density at radius 3 is 2.86 bits per heavy atom. The van der Waals surface area contributed by atoms with Gasteiger partial charge in [-0.1, -0.05) is 11.3 Å². The minimum atomic E-state index is -3.82. The first-order chi connectivity index (χ1) is 16.7. The monoisotopic (exact) mass is 525 g/mol. The Balaban J connectivity index is 1.46. The zero-order valence-electron chi connectivity index (χ0n) is 19.0. The molecular weight excluding hydrogens is 500 g/mol. The van der Waals surface area contributed by atoms with Gasteiger partial charge < -0.3 is 9.64 Å². The lowest BCUT2D eigenvalue weighted by Crippen LogP contribution is -2.56. The predicted octanol–water partition coefficient (Wildman–Crippen LogP) is 2.49. The number of imidazole rings is 1. The van der Waals surface area contributed by atoms with Gasteiger partial charge in [0.2, 0.25) is 10.0 Å². The SMILES string of the molecule is CC1(NS(=O)(=O)c2cc(N3CCN4COCC[C@@H]4C3)c3ncc(-c4nnc(C(F)F)s4)n3c2)CC1. The van der Waals surface area contributed by atoms with Crippen LogP contribution in [0.2, 0.25) is 0 Å². The summed E-state index contributed by atoms with van der Waals surface area (Å²) in [5, 5.41) is 7.36. The van der Waals surface area contributed by atoms with Crippen LogP contribution in [-0.2, 0) is 14.8 Å². The van der Waals surface area contributed by atoms with E-state index in [9.17, 15) is 17.2 Å². The van der Waals surface area contributed by atoms with E-state index >= 15 is 0 Å². The Hall–Kier alpha value is -2.26. The third-order valence-corrected chi connectivity index (χ3v) is 9.46. The highest BCUT2D eigenvalue weighted by atomic mass is 32.2. The van der Waals surface area contributed by atoms with E-state index in [1.165, 1.54) is 12.4 Å². The van der Waals surface area contributed by atoms with E-state index in [0.717, 1.165) is 37.1 Å². The average Bonchev–Trinajstić information content (AvgIpc) is 3.22. The summed E-state index contributed by atoms with van der Waals surface area (Å²) in [4.78, 5) is 9.10. The number of hydrogen-bond donors (Lipinski definition) is 1. The fraction of sp³-hybridized carbons (Fsp3) is 0.571. The predicted molar refractivity (Wildman–Crippen MR) is 125 cm³/mol. The van der Waals surface area contributed by atoms with Crippen molar-refractivity contribution in [1.29, 1.82) is 0 Å². The van der Waals surface area contributed by atoms with Gasteiger partial charge in [0.05, 0.1) is 18.6 Å². The molecular formula is C21H25F2N7O3S2. The van der Waals surface area contributed by atoms with Crippen LogP contribution in [0.1, 0.15) is 37.6 Å². The molecule has 2 aliphatic heterocycles. The maximum atomic E-state index is 13.3. The van der Waals surface area contributed by atoms with Gasteiger partial charge in [-0.3, -0.25) is 9.30 Å². The molecule has 3 fully saturated rings. The lowest BCUT2D eigenvalue weighted by Gasteiger charge is -2.44. The van der Waals surface area contributed by atoms with Crippen LogP contribution >= 0.6 is 11.3 Å². The van der Waals surface area contributed by atoms with Crippen LogP contribution in [0.3, 0.4) is 0 Å². The van der Waals surface area contributed by atoms with Crippen LogP contribution in [0.25, 0.3) is 16.3 Å². The third kappa shape index (κ3) is 4.31. The van der Waals surface area contributed by atoms with Crippen molar-refractivity contribution < 1.29 is 21.9 Å². The fourth-order valence-corrected chi connectivity index (χ4v) is 6.83. The van der Waals surface area contributed by atoms with E-state index < -0.39 is 27.0 Å². The Kier molecular flexibility index (Phi) is 5.56. The smallest absolute Gasteiger partial charge is 0.291 e. The van der Waals surface area contributed by atoms with Gasteiger partial charge >= 0.3 is 0 Å². The first-order valence-electron chi connectivity index (χ1n) is 11.5. The number of hydrogen-bond acceptors (Lipinski definition) is 9. The second-order valence-corrected chi connectivity index (χ2v) is 12.2. The first kappa shape index (κ1) is 23.2. The number of nitrogens with zero attached hydrogens (tertiary/aromatic N) is 6. The van der Waals surface area contributed by atoms with Crippen molar-refractivity contribution in [2.24, 2.45) is 0 Å². The van der Waals surface area contributed by atoms with Crippen molar-refractivity contribution in [1.82, 2.24) is 29.2 Å². The lowest BCUT2D eigenvalue weighted by molar-refractivity contribution is -0.0511. The van der Waals surface area contributed by atoms with Crippen molar-refractivity contribution in [2.75, 3.05) is 37.9 Å². The standard InChI is InChI=1S/C21H25F2N7O3S2/c1-21(3-4-21)27-35(31,32)14-8-15(28-5-6-29-12-33-7-2-13(29)10-28)18-24-9-16(30(18)11-14)19-25-26-20(34-19)17(22)23/h8-9,11,13,17,27H,2-7,10,12H2,1H3/t13-/m1/s1. The molecule has 1 saturated carbocycles. The number of halogens is 2. The van der Waals surface area contributed by atoms with Crippen molar-refractivity contribution in [3.8, 4) is 10.7 Å². The molecule has 6 rings (SSSR count). The molecule has 1 aliphatic carbocycles. The molecule has 3 aromatic heterocycles. The summed E-state index contributed by atoms with van der Waals surface area (Å²) in [6, 6.07) is 1.97. The molecule has 0 unspecified atom stereocenters. The second-order valence-electron chi connectivity index (χ2n) is 9.55. The minimum absolute atomic E-state index is 0.0976. The molecule has 188 valence electrons. The maximum Gasteiger partial charge on any atom is 0.291 e. The van der Waals surface area contributed by atoms with Crippen molar-refractivity contribution in [3.63, 3.8) is 0 Å². The van der Waals surface area contributed by atoms with Gasteiger partial charge in [0.15, 0.2) is 15.7 Å². The van der Waals surface area contributed by atoms with E-state index in [1.807, 2.05) is 6.92 Å². The number of anilines is 1. The highest BCUT2D eigenvalue weighted by Gasteiger charge is 2.42. The molecule has 10 nitrogen and oxygen atoms in total. The number of fused-ring (bicyclic) bond motifs is 2. The molecule has 0 spiro atoms. The van der Waals surface area contributed by atoms with Crippen LogP contribution in [0.15, 0.2) is 23.4 Å². The van der Waals surface area contributed by atoms with Gasteiger partial charge in [-0.15, -0.1) is 10.2 Å². The highest BCUT2D eigenvalue weighted by Crippen LogP contribution is 2.38. The molecule has 3 aromatic rings. The molecule has 0 aromatic carbocycles. The number of aromatic nitrogens is 4. The summed E-state index contributed by atoms with van der Waals surface area (Å²) in [5.41, 5.74) is 1.21. The summed E-state index contributed by atoms with van der Waals surface area (Å²) in [6.07, 6.45) is 2.75. The summed E-state index contributed by atoms with van der Waals surface area (Å²) in [7, 11) is -3.82. The zero-order valence-corrected chi connectivity index (χ0v) is 20.7. The zero-order chi connectivity index (χ0) is 24.4. The largest absolute Gasteiger partial charge is 0.366 e. The van der Waals surface area contributed by atoms with Crippen LogP contribution in [-0.4, -0.2) is 77.5 Å².